The van der Waals surface area contributed by atoms with Gasteiger partial charge in [0.15, 0.2) is 0 Å². The highest BCUT2D eigenvalue weighted by Crippen LogP contribution is 2.47. The summed E-state index contributed by atoms with van der Waals surface area (Å²) in [5.74, 6) is -0.606. The highest BCUT2D eigenvalue weighted by molar-refractivity contribution is 7.47. The lowest BCUT2D eigenvalue weighted by molar-refractivity contribution is -0.220. The van der Waals surface area contributed by atoms with Gasteiger partial charge in [0.2, 0.25) is 5.91 Å². The third-order valence-corrected chi connectivity index (χ3v) is 13.9. The maximum absolute atomic E-state index is 13.1. The van der Waals surface area contributed by atoms with Crippen molar-refractivity contribution in [1.82, 2.24) is 5.32 Å². The lowest BCUT2D eigenvalue weighted by Crippen LogP contribution is -2.64. The molecule has 9 N–H and O–H groups in total. The second kappa shape index (κ2) is 42.2. The van der Waals surface area contributed by atoms with Crippen LogP contribution < -0.4 is 5.32 Å². The summed E-state index contributed by atoms with van der Waals surface area (Å²) in [5.41, 5.74) is 0. The van der Waals surface area contributed by atoms with E-state index in [0.717, 1.165) is 64.2 Å². The van der Waals surface area contributed by atoms with Crippen LogP contribution in [0, 0.1) is 0 Å². The minimum absolute atomic E-state index is 0.257. The molecule has 1 aliphatic carbocycles. The van der Waals surface area contributed by atoms with Crippen molar-refractivity contribution in [2.45, 2.75) is 287 Å². The molecular weight excluding hydrogens is 874 g/mol. The molecule has 0 aliphatic heterocycles. The zero-order valence-corrected chi connectivity index (χ0v) is 43.0. The molecule has 394 valence electrons. The molecule has 0 aromatic carbocycles. The summed E-state index contributed by atoms with van der Waals surface area (Å²) < 4.78 is 22.9. The summed E-state index contributed by atoms with van der Waals surface area (Å²) in [6, 6.07) is -1.26. The molecule has 13 nitrogen and oxygen atoms in total. The Bertz CT molecular complexity index is 1290. The zero-order chi connectivity index (χ0) is 49.4. The second-order valence-corrected chi connectivity index (χ2v) is 20.7. The topological polar surface area (TPSA) is 226 Å². The van der Waals surface area contributed by atoms with Gasteiger partial charge in [0.1, 0.15) is 36.6 Å². The number of unbranched alkanes of at least 4 members (excludes halogenated alkanes) is 28. The Labute approximate surface area is 406 Å². The van der Waals surface area contributed by atoms with Crippen molar-refractivity contribution in [2.24, 2.45) is 0 Å². The van der Waals surface area contributed by atoms with Gasteiger partial charge in [-0.1, -0.05) is 204 Å². The maximum atomic E-state index is 13.1. The van der Waals surface area contributed by atoms with E-state index in [0.29, 0.717) is 12.8 Å². The number of hydrogen-bond donors (Lipinski definition) is 9. The smallest absolute Gasteiger partial charge is 0.393 e. The summed E-state index contributed by atoms with van der Waals surface area (Å²) in [4.78, 5) is 23.5. The highest BCUT2D eigenvalue weighted by Gasteiger charge is 2.51. The maximum Gasteiger partial charge on any atom is 0.472 e. The highest BCUT2D eigenvalue weighted by atomic mass is 31.2. The minimum Gasteiger partial charge on any atom is -0.393 e. The molecule has 67 heavy (non-hydrogen) atoms. The van der Waals surface area contributed by atoms with Crippen LogP contribution in [0.4, 0.5) is 0 Å². The second-order valence-electron chi connectivity index (χ2n) is 19.3. The van der Waals surface area contributed by atoms with Gasteiger partial charge >= 0.3 is 7.82 Å². The van der Waals surface area contributed by atoms with E-state index in [1.54, 1.807) is 6.08 Å². The van der Waals surface area contributed by atoms with Gasteiger partial charge in [-0.2, -0.15) is 0 Å². The Kier molecular flexibility index (Phi) is 40.0. The molecule has 8 unspecified atom stereocenters. The van der Waals surface area contributed by atoms with E-state index in [2.05, 4.69) is 43.5 Å². The fraction of sp³-hybridized carbons (Fsp3) is 0.868. The monoisotopic (exact) mass is 974 g/mol. The molecule has 8 atom stereocenters. The van der Waals surface area contributed by atoms with Gasteiger partial charge in [-0.15, -0.1) is 0 Å². The Morgan fingerprint density at radius 3 is 1.31 bits per heavy atom. The number of hydrogen-bond acceptors (Lipinski definition) is 11. The number of rotatable bonds is 45. The lowest BCUT2D eigenvalue weighted by Gasteiger charge is -2.41. The largest absolute Gasteiger partial charge is 0.472 e. The average Bonchev–Trinajstić information content (AvgIpc) is 3.30. The van der Waals surface area contributed by atoms with E-state index >= 15 is 0 Å². The van der Waals surface area contributed by atoms with Crippen LogP contribution in [0.15, 0.2) is 36.5 Å². The van der Waals surface area contributed by atoms with Crippen molar-refractivity contribution in [3.05, 3.63) is 36.5 Å². The minimum atomic E-state index is -5.16. The first kappa shape index (κ1) is 63.5. The molecule has 1 saturated carbocycles. The van der Waals surface area contributed by atoms with E-state index in [9.17, 15) is 50.0 Å². The number of phosphoric acid groups is 1. The number of carbonyl (C=O) groups excluding carboxylic acids is 1. The van der Waals surface area contributed by atoms with Crippen molar-refractivity contribution in [3.8, 4) is 0 Å². The fourth-order valence-electron chi connectivity index (χ4n) is 8.55. The molecule has 1 fully saturated rings. The van der Waals surface area contributed by atoms with Crippen LogP contribution in [0.5, 0.6) is 0 Å². The molecule has 0 saturated heterocycles. The first-order valence-electron chi connectivity index (χ1n) is 27.0. The van der Waals surface area contributed by atoms with E-state index < -0.39 is 75.2 Å². The van der Waals surface area contributed by atoms with Crippen LogP contribution in [-0.2, 0) is 18.4 Å². The van der Waals surface area contributed by atoms with Gasteiger partial charge in [0.25, 0.3) is 0 Å². The summed E-state index contributed by atoms with van der Waals surface area (Å²) in [6.45, 7) is 3.76. The Morgan fingerprint density at radius 1 is 0.522 bits per heavy atom. The molecule has 1 amide bonds. The third kappa shape index (κ3) is 33.7. The Hall–Kier alpha value is -1.48. The van der Waals surface area contributed by atoms with Crippen LogP contribution in [0.3, 0.4) is 0 Å². The number of amides is 1. The summed E-state index contributed by atoms with van der Waals surface area (Å²) in [7, 11) is -5.16. The summed E-state index contributed by atoms with van der Waals surface area (Å²) in [5, 5.41) is 74.7. The van der Waals surface area contributed by atoms with Crippen LogP contribution in [0.2, 0.25) is 0 Å². The van der Waals surface area contributed by atoms with Crippen molar-refractivity contribution < 1.29 is 59.0 Å². The molecule has 0 aromatic rings. The van der Waals surface area contributed by atoms with Gasteiger partial charge in [-0.25, -0.2) is 4.57 Å². The third-order valence-electron chi connectivity index (χ3n) is 12.9. The van der Waals surface area contributed by atoms with Crippen LogP contribution >= 0.6 is 7.82 Å². The number of nitrogens with one attached hydrogen (secondary N) is 1. The summed E-state index contributed by atoms with van der Waals surface area (Å²) in [6.07, 6.45) is 36.6. The SMILES string of the molecule is CCCCCCCCCCC/C=C\CCCCCCCC(O)CC(=O)NC(COP(=O)(O)OC1C(O)C(O)C(O)C(O)C1O)C(O)/C=C/CC/C=C/CCCCCCCCCCCCCCC. The van der Waals surface area contributed by atoms with Gasteiger partial charge < -0.3 is 46.0 Å². The van der Waals surface area contributed by atoms with Crippen LogP contribution in [-0.4, -0.2) is 108 Å². The van der Waals surface area contributed by atoms with Gasteiger partial charge in [-0.05, 0) is 57.8 Å². The Morgan fingerprint density at radius 2 is 0.881 bits per heavy atom. The molecule has 0 radical (unpaired) electrons. The first-order valence-corrected chi connectivity index (χ1v) is 28.5. The number of phosphoric ester groups is 1. The molecule has 1 rings (SSSR count). The number of carbonyl (C=O) groups is 1. The van der Waals surface area contributed by atoms with Gasteiger partial charge in [0.05, 0.1) is 31.3 Å². The van der Waals surface area contributed by atoms with Crippen LogP contribution in [0.25, 0.3) is 0 Å². The van der Waals surface area contributed by atoms with Gasteiger partial charge in [-0.3, -0.25) is 13.8 Å². The molecular formula is C53H100NO12P. The molecule has 0 heterocycles. The molecule has 0 bridgehead atoms. The van der Waals surface area contributed by atoms with Gasteiger partial charge in [0, 0.05) is 0 Å². The average molecular weight is 974 g/mol. The van der Waals surface area contributed by atoms with Crippen molar-refractivity contribution >= 4 is 13.7 Å². The fourth-order valence-corrected chi connectivity index (χ4v) is 9.51. The first-order chi connectivity index (χ1) is 32.3. The van der Waals surface area contributed by atoms with E-state index in [4.69, 9.17) is 9.05 Å². The van der Waals surface area contributed by atoms with E-state index in [-0.39, 0.29) is 6.42 Å². The molecule has 1 aliphatic rings. The standard InChI is InChI=1S/C53H100NO12P/c1-3-5-7-9-11-13-15-17-19-21-23-25-27-29-31-33-35-37-39-41-46(56)45(43-65-67(63,64)66-53-51(61)49(59)48(58)50(60)52(53)62)54-47(57)42-44(55)40-38-36-34-32-30-28-26-24-22-20-18-16-14-12-10-8-6-4-2/h24,26,31,33,39,41,44-46,48-53,55-56,58-62H,3-23,25,27-30,32,34-38,40,42-43H2,1-2H3,(H,54,57)(H,63,64)/b26-24-,33-31+,41-39+. The molecule has 0 aromatic heterocycles. The molecule has 0 spiro atoms. The van der Waals surface area contributed by atoms with Crippen LogP contribution in [0.1, 0.15) is 232 Å². The van der Waals surface area contributed by atoms with E-state index in [1.807, 2.05) is 0 Å². The van der Waals surface area contributed by atoms with Crippen molar-refractivity contribution in [3.63, 3.8) is 0 Å². The zero-order valence-electron chi connectivity index (χ0n) is 42.1. The predicted molar refractivity (Wildman–Crippen MR) is 270 cm³/mol. The quantitative estimate of drug-likeness (QED) is 0.0158. The number of aliphatic hydroxyl groups is 7. The Balaban J connectivity index is 2.49. The van der Waals surface area contributed by atoms with Crippen molar-refractivity contribution in [1.29, 1.82) is 0 Å². The molecule has 14 heteroatoms. The van der Waals surface area contributed by atoms with E-state index in [1.165, 1.54) is 141 Å². The normalized spacial score (nSPS) is 22.5. The summed E-state index contributed by atoms with van der Waals surface area (Å²) >= 11 is 0. The lowest BCUT2D eigenvalue weighted by atomic mass is 9.85. The number of aliphatic hydroxyl groups excluding tert-OH is 7. The predicted octanol–water partition coefficient (Wildman–Crippen LogP) is 10.5. The van der Waals surface area contributed by atoms with Crippen molar-refractivity contribution in [2.75, 3.05) is 6.61 Å². The number of allylic oxidation sites excluding steroid dienone is 5.